The molecule has 0 saturated carbocycles. The first-order valence-electron chi connectivity index (χ1n) is 5.56. The summed E-state index contributed by atoms with van der Waals surface area (Å²) in [6.45, 7) is 3.02. The highest BCUT2D eigenvalue weighted by atomic mass is 16.5. The maximum absolute atomic E-state index is 11.2. The van der Waals surface area contributed by atoms with E-state index >= 15 is 0 Å². The van der Waals surface area contributed by atoms with Gasteiger partial charge in [0.15, 0.2) is 0 Å². The maximum atomic E-state index is 11.2. The minimum absolute atomic E-state index is 0.0593. The first-order valence-corrected chi connectivity index (χ1v) is 5.56. The number of esters is 2. The lowest BCUT2D eigenvalue weighted by Crippen LogP contribution is -2.05. The molecule has 0 radical (unpaired) electrons. The molecule has 5 nitrogen and oxygen atoms in total. The number of hydrogen-bond donors (Lipinski definition) is 1. The second kappa shape index (κ2) is 7.84. The zero-order chi connectivity index (χ0) is 14.1. The minimum Gasteiger partial charge on any atom is -0.460 e. The number of hydrogen-bond acceptors (Lipinski definition) is 5. The Kier molecular flexibility index (Phi) is 6.05. The van der Waals surface area contributed by atoms with Gasteiger partial charge < -0.3 is 14.6 Å². The Bertz CT molecular complexity index is 490. The summed E-state index contributed by atoms with van der Waals surface area (Å²) >= 11 is 0. The van der Waals surface area contributed by atoms with Crippen LogP contribution in [0.5, 0.6) is 5.75 Å². The smallest absolute Gasteiger partial charge is 0.335 e. The topological polar surface area (TPSA) is 72.8 Å². The molecule has 0 unspecified atom stereocenters. The van der Waals surface area contributed by atoms with Gasteiger partial charge in [-0.3, -0.25) is 0 Å². The summed E-state index contributed by atoms with van der Waals surface area (Å²) in [5.41, 5.74) is 0.554. The van der Waals surface area contributed by atoms with Crippen molar-refractivity contribution in [3.8, 4) is 5.75 Å². The van der Waals surface area contributed by atoms with Gasteiger partial charge in [-0.25, -0.2) is 9.59 Å². The fraction of sp³-hybridized carbons (Fsp3) is 0.143. The lowest BCUT2D eigenvalue weighted by atomic mass is 10.2. The van der Waals surface area contributed by atoms with Crippen molar-refractivity contribution >= 4 is 18.0 Å². The molecule has 0 amide bonds. The van der Waals surface area contributed by atoms with Crippen molar-refractivity contribution < 1.29 is 24.2 Å². The van der Waals surface area contributed by atoms with E-state index in [1.165, 1.54) is 12.2 Å². The number of rotatable bonds is 6. The molecule has 1 aromatic rings. The van der Waals surface area contributed by atoms with Gasteiger partial charge in [0.1, 0.15) is 12.4 Å². The quantitative estimate of drug-likeness (QED) is 0.475. The summed E-state index contributed by atoms with van der Waals surface area (Å²) in [5, 5.41) is 8.50. The van der Waals surface area contributed by atoms with Crippen molar-refractivity contribution in [1.82, 2.24) is 0 Å². The Morgan fingerprint density at radius 2 is 2.00 bits per heavy atom. The summed E-state index contributed by atoms with van der Waals surface area (Å²) < 4.78 is 9.66. The average molecular weight is 262 g/mol. The predicted octanol–water partition coefficient (Wildman–Crippen LogP) is 1.33. The lowest BCUT2D eigenvalue weighted by molar-refractivity contribution is -0.138. The van der Waals surface area contributed by atoms with Crippen molar-refractivity contribution in [3.63, 3.8) is 0 Å². The highest BCUT2D eigenvalue weighted by molar-refractivity contribution is 5.88. The van der Waals surface area contributed by atoms with E-state index in [1.54, 1.807) is 24.3 Å². The molecule has 0 fully saturated rings. The number of benzene rings is 1. The summed E-state index contributed by atoms with van der Waals surface area (Å²) in [4.78, 5) is 22.4. The molecule has 0 aliphatic heterocycles. The molecule has 0 heterocycles. The third-order valence-corrected chi connectivity index (χ3v) is 2.03. The molecule has 0 bridgehead atoms. The number of aliphatic hydroxyl groups is 1. The number of aliphatic hydroxyl groups excluding tert-OH is 1. The normalized spacial score (nSPS) is 10.2. The Morgan fingerprint density at radius 1 is 1.26 bits per heavy atom. The number of carbonyl (C=O) groups is 2. The predicted molar refractivity (Wildman–Crippen MR) is 69.4 cm³/mol. The van der Waals surface area contributed by atoms with E-state index in [0.29, 0.717) is 11.3 Å². The first-order chi connectivity index (χ1) is 9.17. The van der Waals surface area contributed by atoms with Crippen LogP contribution in [0, 0.1) is 0 Å². The third-order valence-electron chi connectivity index (χ3n) is 2.03. The van der Waals surface area contributed by atoms with Crippen molar-refractivity contribution in [2.75, 3.05) is 13.2 Å². The molecule has 5 heteroatoms. The van der Waals surface area contributed by atoms with Crippen LogP contribution in [0.25, 0.3) is 6.08 Å². The van der Waals surface area contributed by atoms with Crippen LogP contribution in [-0.4, -0.2) is 30.3 Å². The SMILES string of the molecule is C=CC(=O)Oc1ccccc1/C=C/C(=O)OCCO. The van der Waals surface area contributed by atoms with E-state index in [0.717, 1.165) is 6.08 Å². The fourth-order valence-electron chi connectivity index (χ4n) is 1.21. The molecule has 0 spiro atoms. The van der Waals surface area contributed by atoms with Crippen LogP contribution >= 0.6 is 0 Å². The largest absolute Gasteiger partial charge is 0.460 e. The second-order valence-electron chi connectivity index (χ2n) is 3.39. The van der Waals surface area contributed by atoms with Gasteiger partial charge in [0.25, 0.3) is 0 Å². The second-order valence-corrected chi connectivity index (χ2v) is 3.39. The van der Waals surface area contributed by atoms with Crippen LogP contribution in [-0.2, 0) is 14.3 Å². The molecular formula is C14H14O5. The van der Waals surface area contributed by atoms with Gasteiger partial charge in [-0.2, -0.15) is 0 Å². The van der Waals surface area contributed by atoms with Crippen molar-refractivity contribution in [2.24, 2.45) is 0 Å². The Labute approximate surface area is 110 Å². The molecule has 0 saturated heterocycles. The molecule has 1 aromatic carbocycles. The monoisotopic (exact) mass is 262 g/mol. The van der Waals surface area contributed by atoms with Crippen LogP contribution in [0.15, 0.2) is 43.0 Å². The molecule has 100 valence electrons. The van der Waals surface area contributed by atoms with Crippen molar-refractivity contribution in [3.05, 3.63) is 48.6 Å². The van der Waals surface area contributed by atoms with Crippen molar-refractivity contribution in [2.45, 2.75) is 0 Å². The van der Waals surface area contributed by atoms with E-state index in [2.05, 4.69) is 11.3 Å². The summed E-state index contributed by atoms with van der Waals surface area (Å²) in [6, 6.07) is 6.72. The number of carbonyl (C=O) groups excluding carboxylic acids is 2. The lowest BCUT2D eigenvalue weighted by Gasteiger charge is -2.04. The Hall–Kier alpha value is -2.40. The molecule has 0 aliphatic carbocycles. The van der Waals surface area contributed by atoms with Crippen LogP contribution < -0.4 is 4.74 Å². The molecule has 0 atom stereocenters. The molecule has 0 aliphatic rings. The Morgan fingerprint density at radius 3 is 2.68 bits per heavy atom. The summed E-state index contributed by atoms with van der Waals surface area (Å²) in [5.74, 6) is -0.846. The highest BCUT2D eigenvalue weighted by Crippen LogP contribution is 2.19. The van der Waals surface area contributed by atoms with Gasteiger partial charge in [-0.15, -0.1) is 0 Å². The van der Waals surface area contributed by atoms with Crippen LogP contribution in [0.4, 0.5) is 0 Å². The number of para-hydroxylation sites is 1. The molecule has 19 heavy (non-hydrogen) atoms. The average Bonchev–Trinajstić information content (AvgIpc) is 2.44. The summed E-state index contributed by atoms with van der Waals surface area (Å²) in [6.07, 6.45) is 3.71. The van der Waals surface area contributed by atoms with Gasteiger partial charge in [0.05, 0.1) is 6.61 Å². The van der Waals surface area contributed by atoms with Gasteiger partial charge in [0, 0.05) is 17.7 Å². The van der Waals surface area contributed by atoms with E-state index in [9.17, 15) is 9.59 Å². The molecular weight excluding hydrogens is 248 g/mol. The standard InChI is InChI=1S/C14H14O5/c1-2-13(16)19-12-6-4-3-5-11(12)7-8-14(17)18-10-9-15/h2-8,15H,1,9-10H2/b8-7+. The molecule has 0 aromatic heterocycles. The van der Waals surface area contributed by atoms with Gasteiger partial charge >= 0.3 is 11.9 Å². The summed E-state index contributed by atoms with van der Waals surface area (Å²) in [7, 11) is 0. The van der Waals surface area contributed by atoms with E-state index in [-0.39, 0.29) is 13.2 Å². The van der Waals surface area contributed by atoms with Gasteiger partial charge in [-0.05, 0) is 12.1 Å². The first kappa shape index (κ1) is 14.7. The maximum Gasteiger partial charge on any atom is 0.335 e. The minimum atomic E-state index is -0.584. The zero-order valence-corrected chi connectivity index (χ0v) is 10.2. The van der Waals surface area contributed by atoms with E-state index in [4.69, 9.17) is 9.84 Å². The van der Waals surface area contributed by atoms with Gasteiger partial charge in [-0.1, -0.05) is 24.8 Å². The Balaban J connectivity index is 2.77. The van der Waals surface area contributed by atoms with E-state index in [1.807, 2.05) is 0 Å². The molecule has 1 N–H and O–H groups in total. The van der Waals surface area contributed by atoms with Crippen LogP contribution in [0.3, 0.4) is 0 Å². The fourth-order valence-corrected chi connectivity index (χ4v) is 1.21. The van der Waals surface area contributed by atoms with Crippen molar-refractivity contribution in [1.29, 1.82) is 0 Å². The third kappa shape index (κ3) is 5.18. The zero-order valence-electron chi connectivity index (χ0n) is 10.2. The molecule has 1 rings (SSSR count). The van der Waals surface area contributed by atoms with Crippen LogP contribution in [0.2, 0.25) is 0 Å². The number of ether oxygens (including phenoxy) is 2. The highest BCUT2D eigenvalue weighted by Gasteiger charge is 2.04. The van der Waals surface area contributed by atoms with Crippen LogP contribution in [0.1, 0.15) is 5.56 Å². The van der Waals surface area contributed by atoms with E-state index < -0.39 is 11.9 Å². The van der Waals surface area contributed by atoms with Gasteiger partial charge in [0.2, 0.25) is 0 Å².